The lowest BCUT2D eigenvalue weighted by atomic mass is 10.0. The van der Waals surface area contributed by atoms with Crippen LogP contribution >= 0.6 is 23.2 Å². The zero-order valence-corrected chi connectivity index (χ0v) is 66.5. The van der Waals surface area contributed by atoms with Crippen LogP contribution in [0, 0.1) is 0 Å². The van der Waals surface area contributed by atoms with Crippen LogP contribution in [-0.2, 0) is 6.42 Å². The number of rotatable bonds is 8. The van der Waals surface area contributed by atoms with Gasteiger partial charge in [0.15, 0.2) is 0 Å². The Morgan fingerprint density at radius 3 is 0.680 bits per heavy atom. The van der Waals surface area contributed by atoms with Gasteiger partial charge in [0.05, 0.1) is 0 Å². The molecule has 0 saturated carbocycles. The summed E-state index contributed by atoms with van der Waals surface area (Å²) in [5, 5.41) is 28.1. The van der Waals surface area contributed by atoms with Crippen molar-refractivity contribution < 1.29 is 30.9 Å². The molecule has 0 fully saturated rings. The first-order valence-electron chi connectivity index (χ1n) is 40.7. The standard InChI is InChI=1S/C66H38N2O4.C23H16O.C22H10Cl2O2/c1-3-15-45(16-4-1)67(47-19-23-51-55-27-39-11-7-9-13-41(39)31-59(55)69-63(51)35-47)49-21-25-53-57-29-43-34-62-58(30-44(43)33-61(57)71-65(53)37-49)54-26-22-50(38-66(54)72-62)68(46-17-5-2-6-18-46)48-20-24-52-56-28-40-12-8-10-14-42(40)32-60(56)70-64(52)36-48;1-2-6-16(7-3-1)12-17-10-11-20-21-14-18-8-4-5-9-19(18)15-23(21)24-22(20)13-17;23-13-1-3-15-17-5-11-8-20-18(16-4-2-14(24)10-22(16)26-20)6-12(11)7-19(17)25-21(15)9-13/h1-38H;1-11,13-15H,12H2;1-10H. The van der Waals surface area contributed by atoms with Gasteiger partial charge in [-0.2, -0.15) is 0 Å². The molecular formula is C111H64Cl2N2O7. The average molecular weight is 1610 g/mol. The van der Waals surface area contributed by atoms with Crippen LogP contribution in [-0.4, -0.2) is 0 Å². The third-order valence-corrected chi connectivity index (χ3v) is 24.8. The Hall–Kier alpha value is -15.5. The summed E-state index contributed by atoms with van der Waals surface area (Å²) >= 11 is 12.2. The summed E-state index contributed by atoms with van der Waals surface area (Å²) in [6, 6.07) is 131. The van der Waals surface area contributed by atoms with E-state index in [2.05, 4.69) is 337 Å². The fraction of sp³-hybridized carbons (Fsp3) is 0.00901. The van der Waals surface area contributed by atoms with Gasteiger partial charge >= 0.3 is 0 Å². The maximum Gasteiger partial charge on any atom is 0.137 e. The topological polar surface area (TPSA) is 98.5 Å². The molecule has 0 radical (unpaired) electrons. The molecule has 0 aliphatic rings. The highest BCUT2D eigenvalue weighted by atomic mass is 35.5. The van der Waals surface area contributed by atoms with Crippen molar-refractivity contribution in [2.24, 2.45) is 0 Å². The van der Waals surface area contributed by atoms with Crippen molar-refractivity contribution in [1.29, 1.82) is 0 Å². The molecule has 27 rings (SSSR count). The second kappa shape index (κ2) is 27.5. The van der Waals surface area contributed by atoms with E-state index in [0.29, 0.717) is 10.0 Å². The molecule has 20 aromatic carbocycles. The summed E-state index contributed by atoms with van der Waals surface area (Å²) < 4.78 is 44.8. The Bertz CT molecular complexity index is 8580. The van der Waals surface area contributed by atoms with E-state index in [0.717, 1.165) is 216 Å². The van der Waals surface area contributed by atoms with Crippen molar-refractivity contribution in [3.63, 3.8) is 0 Å². The number of anilines is 6. The predicted molar refractivity (Wildman–Crippen MR) is 506 cm³/mol. The van der Waals surface area contributed by atoms with E-state index >= 15 is 0 Å². The van der Waals surface area contributed by atoms with Crippen LogP contribution in [0.15, 0.2) is 407 Å². The number of para-hydroxylation sites is 2. The van der Waals surface area contributed by atoms with Gasteiger partial charge in [0.25, 0.3) is 0 Å². The van der Waals surface area contributed by atoms with Crippen molar-refractivity contribution in [1.82, 2.24) is 0 Å². The number of fused-ring (bicyclic) bond motifs is 26. The third kappa shape index (κ3) is 11.8. The fourth-order valence-electron chi connectivity index (χ4n) is 18.5. The minimum absolute atomic E-state index is 0.670. The Balaban J connectivity index is 0.000000132. The zero-order chi connectivity index (χ0) is 80.4. The van der Waals surface area contributed by atoms with E-state index in [9.17, 15) is 0 Å². The van der Waals surface area contributed by atoms with Gasteiger partial charge in [0.2, 0.25) is 0 Å². The molecule has 0 unspecified atom stereocenters. The van der Waals surface area contributed by atoms with Crippen molar-refractivity contribution in [3.8, 4) is 0 Å². The lowest BCUT2D eigenvalue weighted by molar-refractivity contribution is 0.668. The fourth-order valence-corrected chi connectivity index (χ4v) is 18.8. The highest BCUT2D eigenvalue weighted by molar-refractivity contribution is 6.32. The van der Waals surface area contributed by atoms with Crippen molar-refractivity contribution in [2.45, 2.75) is 6.42 Å². The van der Waals surface area contributed by atoms with Crippen LogP contribution in [0.5, 0.6) is 0 Å². The lowest BCUT2D eigenvalue weighted by Crippen LogP contribution is -2.09. The summed E-state index contributed by atoms with van der Waals surface area (Å²) in [5.74, 6) is 0. The third-order valence-electron chi connectivity index (χ3n) is 24.3. The van der Waals surface area contributed by atoms with Gasteiger partial charge in [-0.15, -0.1) is 0 Å². The number of benzene rings is 20. The maximum absolute atomic E-state index is 6.76. The smallest absolute Gasteiger partial charge is 0.137 e. The summed E-state index contributed by atoms with van der Waals surface area (Å²) in [6.45, 7) is 0. The number of hydrogen-bond acceptors (Lipinski definition) is 9. The monoisotopic (exact) mass is 1610 g/mol. The van der Waals surface area contributed by atoms with Crippen LogP contribution in [0.3, 0.4) is 0 Å². The Morgan fingerprint density at radius 2 is 0.377 bits per heavy atom. The summed E-state index contributed by atoms with van der Waals surface area (Å²) in [5.41, 5.74) is 20.6. The van der Waals surface area contributed by atoms with Crippen LogP contribution in [0.25, 0.3) is 207 Å². The molecule has 0 spiro atoms. The van der Waals surface area contributed by atoms with E-state index in [1.165, 1.54) is 43.4 Å². The molecule has 9 nitrogen and oxygen atoms in total. The largest absolute Gasteiger partial charge is 0.456 e. The lowest BCUT2D eigenvalue weighted by Gasteiger charge is -2.25. The number of furan rings is 7. The van der Waals surface area contributed by atoms with Crippen LogP contribution in [0.1, 0.15) is 11.1 Å². The average Bonchev–Trinajstić information content (AvgIpc) is 1.65. The van der Waals surface area contributed by atoms with Crippen LogP contribution < -0.4 is 9.80 Å². The van der Waals surface area contributed by atoms with E-state index in [4.69, 9.17) is 54.1 Å². The van der Waals surface area contributed by atoms with Gasteiger partial charge < -0.3 is 40.7 Å². The second-order valence-electron chi connectivity index (χ2n) is 31.7. The highest BCUT2D eigenvalue weighted by Gasteiger charge is 2.23. The van der Waals surface area contributed by atoms with E-state index in [-0.39, 0.29) is 0 Å². The molecule has 0 aliphatic heterocycles. The van der Waals surface area contributed by atoms with Crippen LogP contribution in [0.2, 0.25) is 10.0 Å². The Morgan fingerprint density at radius 1 is 0.156 bits per heavy atom. The predicted octanol–water partition coefficient (Wildman–Crippen LogP) is 34.0. The summed E-state index contributed by atoms with van der Waals surface area (Å²) in [4.78, 5) is 4.52. The molecule has 574 valence electrons. The molecule has 122 heavy (non-hydrogen) atoms. The number of hydrogen-bond donors (Lipinski definition) is 0. The minimum Gasteiger partial charge on any atom is -0.456 e. The molecule has 11 heteroatoms. The van der Waals surface area contributed by atoms with Gasteiger partial charge in [-0.1, -0.05) is 175 Å². The first-order valence-corrected chi connectivity index (χ1v) is 41.5. The van der Waals surface area contributed by atoms with Gasteiger partial charge in [-0.25, -0.2) is 0 Å². The number of nitrogens with zero attached hydrogens (tertiary/aromatic N) is 2. The van der Waals surface area contributed by atoms with Crippen LogP contribution in [0.4, 0.5) is 34.1 Å². The van der Waals surface area contributed by atoms with Gasteiger partial charge in [0, 0.05) is 156 Å². The highest BCUT2D eigenvalue weighted by Crippen LogP contribution is 2.47. The van der Waals surface area contributed by atoms with Crippen molar-refractivity contribution in [3.05, 3.63) is 397 Å². The molecular weight excluding hydrogens is 1540 g/mol. The SMILES string of the molecule is Clc1ccc2c(c1)oc1cc3cc4c(cc3cc12)oc1cc(Cl)ccc14.c1ccc(Cc2ccc3c(c2)oc2cc4ccccc4cc23)cc1.c1ccc(N(c2ccc3c(c2)oc2cc4ccccc4cc23)c2ccc3c(c2)oc2cc4cc5c(cc4cc23)oc2cc(N(c3ccccc3)c3ccc4c(c3)oc3cc6ccccc6cc34)ccc25)cc1. The van der Waals surface area contributed by atoms with Gasteiger partial charge in [-0.05, 0) is 259 Å². The van der Waals surface area contributed by atoms with Gasteiger partial charge in [0.1, 0.15) is 78.2 Å². The molecule has 7 heterocycles. The maximum atomic E-state index is 6.76. The van der Waals surface area contributed by atoms with Gasteiger partial charge in [-0.3, -0.25) is 0 Å². The van der Waals surface area contributed by atoms with E-state index in [1.54, 1.807) is 0 Å². The molecule has 0 aliphatic carbocycles. The minimum atomic E-state index is 0.670. The Labute approximate surface area is 704 Å². The second-order valence-corrected chi connectivity index (χ2v) is 32.6. The van der Waals surface area contributed by atoms with Crippen molar-refractivity contribution in [2.75, 3.05) is 9.80 Å². The quantitative estimate of drug-likeness (QED) is 0.147. The molecule has 27 aromatic rings. The zero-order valence-electron chi connectivity index (χ0n) is 65.0. The molecule has 0 atom stereocenters. The van der Waals surface area contributed by atoms with Crippen molar-refractivity contribution >= 4 is 265 Å². The summed E-state index contributed by atoms with van der Waals surface area (Å²) in [7, 11) is 0. The molecule has 0 N–H and O–H groups in total. The summed E-state index contributed by atoms with van der Waals surface area (Å²) in [6.07, 6.45) is 0.926. The molecule has 7 aromatic heterocycles. The first-order chi connectivity index (χ1) is 60.1. The molecule has 0 saturated heterocycles. The normalized spacial score (nSPS) is 12.0. The number of halogens is 2. The van der Waals surface area contributed by atoms with E-state index < -0.39 is 0 Å². The first kappa shape index (κ1) is 69.6. The molecule has 0 bridgehead atoms. The Kier molecular flexibility index (Phi) is 15.7. The van der Waals surface area contributed by atoms with E-state index in [1.807, 2.05) is 48.5 Å². The molecule has 0 amide bonds.